The molecule has 106 valence electrons. The van der Waals surface area contributed by atoms with Gasteiger partial charge in [-0.1, -0.05) is 36.4 Å². The number of hydrogen-bond donors (Lipinski definition) is 1. The number of aryl methyl sites for hydroxylation is 1. The highest BCUT2D eigenvalue weighted by Crippen LogP contribution is 2.25. The molecule has 0 amide bonds. The van der Waals surface area contributed by atoms with Crippen LogP contribution in [0.15, 0.2) is 48.5 Å². The van der Waals surface area contributed by atoms with Gasteiger partial charge in [-0.25, -0.2) is 0 Å². The summed E-state index contributed by atoms with van der Waals surface area (Å²) in [5.74, 6) is 1.70. The van der Waals surface area contributed by atoms with Gasteiger partial charge in [0.15, 0.2) is 0 Å². The molecule has 0 fully saturated rings. The lowest BCUT2D eigenvalue weighted by Gasteiger charge is -2.17. The predicted octanol–water partition coefficient (Wildman–Crippen LogP) is 3.47. The Morgan fingerprint density at radius 1 is 0.950 bits per heavy atom. The SMILES string of the molecule is CCOc1ccccc1C(N)COc1ccccc1C. The van der Waals surface area contributed by atoms with E-state index in [4.69, 9.17) is 15.2 Å². The molecule has 2 aromatic carbocycles. The van der Waals surface area contributed by atoms with Gasteiger partial charge in [-0.05, 0) is 31.5 Å². The Kier molecular flexibility index (Phi) is 5.02. The molecule has 2 N–H and O–H groups in total. The van der Waals surface area contributed by atoms with Crippen molar-refractivity contribution < 1.29 is 9.47 Å². The van der Waals surface area contributed by atoms with E-state index in [1.54, 1.807) is 0 Å². The Labute approximate surface area is 120 Å². The normalized spacial score (nSPS) is 11.9. The Bertz CT molecular complexity index is 554. The Hall–Kier alpha value is -2.00. The van der Waals surface area contributed by atoms with Gasteiger partial charge < -0.3 is 15.2 Å². The maximum absolute atomic E-state index is 6.22. The van der Waals surface area contributed by atoms with Crippen molar-refractivity contribution in [2.75, 3.05) is 13.2 Å². The largest absolute Gasteiger partial charge is 0.494 e. The van der Waals surface area contributed by atoms with Crippen molar-refractivity contribution in [3.63, 3.8) is 0 Å². The van der Waals surface area contributed by atoms with Crippen molar-refractivity contribution in [1.29, 1.82) is 0 Å². The molecular weight excluding hydrogens is 250 g/mol. The molecule has 2 rings (SSSR count). The second kappa shape index (κ2) is 6.96. The molecule has 0 aliphatic rings. The summed E-state index contributed by atoms with van der Waals surface area (Å²) in [6, 6.07) is 15.6. The predicted molar refractivity (Wildman–Crippen MR) is 81.2 cm³/mol. The van der Waals surface area contributed by atoms with E-state index in [2.05, 4.69) is 0 Å². The van der Waals surface area contributed by atoms with Crippen LogP contribution >= 0.6 is 0 Å². The fraction of sp³-hybridized carbons (Fsp3) is 0.294. The summed E-state index contributed by atoms with van der Waals surface area (Å²) in [6.07, 6.45) is 0. The van der Waals surface area contributed by atoms with Crippen LogP contribution in [-0.4, -0.2) is 13.2 Å². The van der Waals surface area contributed by atoms with E-state index < -0.39 is 0 Å². The molecule has 1 unspecified atom stereocenters. The molecule has 3 nitrogen and oxygen atoms in total. The summed E-state index contributed by atoms with van der Waals surface area (Å²) >= 11 is 0. The van der Waals surface area contributed by atoms with Crippen molar-refractivity contribution in [3.8, 4) is 11.5 Å². The fourth-order valence-electron chi connectivity index (χ4n) is 2.06. The number of ether oxygens (including phenoxy) is 2. The number of rotatable bonds is 6. The minimum atomic E-state index is -0.211. The van der Waals surface area contributed by atoms with Crippen LogP contribution in [0.2, 0.25) is 0 Å². The van der Waals surface area contributed by atoms with E-state index in [0.29, 0.717) is 13.2 Å². The van der Waals surface area contributed by atoms with Crippen molar-refractivity contribution in [3.05, 3.63) is 59.7 Å². The van der Waals surface area contributed by atoms with Crippen LogP contribution in [-0.2, 0) is 0 Å². The molecule has 3 heteroatoms. The summed E-state index contributed by atoms with van der Waals surface area (Å²) in [6.45, 7) is 5.04. The highest BCUT2D eigenvalue weighted by Gasteiger charge is 2.12. The third-order valence-corrected chi connectivity index (χ3v) is 3.13. The number of benzene rings is 2. The Balaban J connectivity index is 2.05. The van der Waals surface area contributed by atoms with Crippen LogP contribution in [0.3, 0.4) is 0 Å². The molecule has 0 heterocycles. The molecule has 0 spiro atoms. The van der Waals surface area contributed by atoms with Crippen LogP contribution in [0.25, 0.3) is 0 Å². The third kappa shape index (κ3) is 3.52. The van der Waals surface area contributed by atoms with Crippen molar-refractivity contribution in [2.24, 2.45) is 5.73 Å². The number of hydrogen-bond acceptors (Lipinski definition) is 3. The first-order valence-electron chi connectivity index (χ1n) is 6.88. The first kappa shape index (κ1) is 14.4. The zero-order valence-corrected chi connectivity index (χ0v) is 12.0. The molecule has 0 saturated carbocycles. The average molecular weight is 271 g/mol. The van der Waals surface area contributed by atoms with Gasteiger partial charge in [0.2, 0.25) is 0 Å². The van der Waals surface area contributed by atoms with Gasteiger partial charge in [-0.15, -0.1) is 0 Å². The van der Waals surface area contributed by atoms with Crippen molar-refractivity contribution in [1.82, 2.24) is 0 Å². The van der Waals surface area contributed by atoms with Gasteiger partial charge in [0.1, 0.15) is 18.1 Å². The highest BCUT2D eigenvalue weighted by molar-refractivity contribution is 5.36. The van der Waals surface area contributed by atoms with Crippen LogP contribution in [0.1, 0.15) is 24.1 Å². The van der Waals surface area contributed by atoms with E-state index in [1.165, 1.54) is 0 Å². The summed E-state index contributed by atoms with van der Waals surface area (Å²) < 4.78 is 11.4. The Morgan fingerprint density at radius 3 is 2.30 bits per heavy atom. The second-order valence-corrected chi connectivity index (χ2v) is 4.65. The van der Waals surface area contributed by atoms with Crippen LogP contribution in [0, 0.1) is 6.92 Å². The minimum Gasteiger partial charge on any atom is -0.494 e. The first-order valence-corrected chi connectivity index (χ1v) is 6.88. The summed E-state index contributed by atoms with van der Waals surface area (Å²) in [4.78, 5) is 0. The summed E-state index contributed by atoms with van der Waals surface area (Å²) in [5, 5.41) is 0. The standard InChI is InChI=1S/C17H21NO2/c1-3-19-17-11-7-5-9-14(17)15(18)12-20-16-10-6-4-8-13(16)2/h4-11,15H,3,12,18H2,1-2H3. The van der Waals surface area contributed by atoms with Gasteiger partial charge >= 0.3 is 0 Å². The average Bonchev–Trinajstić information content (AvgIpc) is 2.47. The van der Waals surface area contributed by atoms with E-state index in [1.807, 2.05) is 62.4 Å². The second-order valence-electron chi connectivity index (χ2n) is 4.65. The molecule has 0 saturated heterocycles. The lowest BCUT2D eigenvalue weighted by molar-refractivity contribution is 0.280. The molecular formula is C17H21NO2. The maximum atomic E-state index is 6.22. The molecule has 0 bridgehead atoms. The van der Waals surface area contributed by atoms with E-state index in [-0.39, 0.29) is 6.04 Å². The number of para-hydroxylation sites is 2. The van der Waals surface area contributed by atoms with Crippen molar-refractivity contribution in [2.45, 2.75) is 19.9 Å². The molecule has 2 aromatic rings. The van der Waals surface area contributed by atoms with E-state index in [9.17, 15) is 0 Å². The van der Waals surface area contributed by atoms with E-state index >= 15 is 0 Å². The molecule has 20 heavy (non-hydrogen) atoms. The Morgan fingerprint density at radius 2 is 1.60 bits per heavy atom. The monoisotopic (exact) mass is 271 g/mol. The van der Waals surface area contributed by atoms with Crippen LogP contribution in [0.4, 0.5) is 0 Å². The van der Waals surface area contributed by atoms with Crippen LogP contribution < -0.4 is 15.2 Å². The fourth-order valence-corrected chi connectivity index (χ4v) is 2.06. The zero-order chi connectivity index (χ0) is 14.4. The summed E-state index contributed by atoms with van der Waals surface area (Å²) in [7, 11) is 0. The third-order valence-electron chi connectivity index (χ3n) is 3.13. The van der Waals surface area contributed by atoms with Gasteiger partial charge in [0, 0.05) is 5.56 Å². The highest BCUT2D eigenvalue weighted by atomic mass is 16.5. The van der Waals surface area contributed by atoms with Gasteiger partial charge in [-0.2, -0.15) is 0 Å². The quantitative estimate of drug-likeness (QED) is 0.875. The van der Waals surface area contributed by atoms with Gasteiger partial charge in [-0.3, -0.25) is 0 Å². The van der Waals surface area contributed by atoms with E-state index in [0.717, 1.165) is 22.6 Å². The number of nitrogens with two attached hydrogens (primary N) is 1. The molecule has 0 aromatic heterocycles. The topological polar surface area (TPSA) is 44.5 Å². The molecule has 1 atom stereocenters. The van der Waals surface area contributed by atoms with Crippen LogP contribution in [0.5, 0.6) is 11.5 Å². The zero-order valence-electron chi connectivity index (χ0n) is 12.0. The lowest BCUT2D eigenvalue weighted by Crippen LogP contribution is -2.20. The van der Waals surface area contributed by atoms with Gasteiger partial charge in [0.25, 0.3) is 0 Å². The lowest BCUT2D eigenvalue weighted by atomic mass is 10.1. The molecule has 0 aliphatic carbocycles. The minimum absolute atomic E-state index is 0.211. The maximum Gasteiger partial charge on any atom is 0.124 e. The van der Waals surface area contributed by atoms with Gasteiger partial charge in [0.05, 0.1) is 12.6 Å². The molecule has 0 aliphatic heterocycles. The molecule has 0 radical (unpaired) electrons. The summed E-state index contributed by atoms with van der Waals surface area (Å²) in [5.41, 5.74) is 8.30. The first-order chi connectivity index (χ1) is 9.72. The smallest absolute Gasteiger partial charge is 0.124 e. The van der Waals surface area contributed by atoms with Crippen molar-refractivity contribution >= 4 is 0 Å².